The van der Waals surface area contributed by atoms with Crippen LogP contribution >= 0.6 is 11.6 Å². The molecule has 1 aromatic heterocycles. The summed E-state index contributed by atoms with van der Waals surface area (Å²) < 4.78 is 39.8. The standard InChI is InChI=1S/C13H11ClF3NO/c14-8-3-4-9-10(6-18-11(9)5-8)12(19,7-1-2-7)13(15,16)17/h3-7,18-19H,1-2H2. The van der Waals surface area contributed by atoms with E-state index in [2.05, 4.69) is 4.98 Å². The maximum Gasteiger partial charge on any atom is 0.421 e. The minimum absolute atomic E-state index is 0.117. The van der Waals surface area contributed by atoms with Crippen LogP contribution in [0, 0.1) is 5.92 Å². The third kappa shape index (κ3) is 1.83. The lowest BCUT2D eigenvalue weighted by Crippen LogP contribution is -2.44. The van der Waals surface area contributed by atoms with Gasteiger partial charge >= 0.3 is 6.18 Å². The maximum absolute atomic E-state index is 13.3. The molecule has 19 heavy (non-hydrogen) atoms. The SMILES string of the molecule is OC(c1c[nH]c2cc(Cl)ccc12)(C1CC1)C(F)(F)F. The van der Waals surface area contributed by atoms with E-state index in [9.17, 15) is 18.3 Å². The monoisotopic (exact) mass is 289 g/mol. The lowest BCUT2D eigenvalue weighted by molar-refractivity contribution is -0.274. The molecular weight excluding hydrogens is 279 g/mol. The summed E-state index contributed by atoms with van der Waals surface area (Å²) in [4.78, 5) is 2.74. The number of aromatic nitrogens is 1. The van der Waals surface area contributed by atoms with Gasteiger partial charge < -0.3 is 10.1 Å². The largest absolute Gasteiger partial charge is 0.421 e. The van der Waals surface area contributed by atoms with Crippen molar-refractivity contribution in [2.24, 2.45) is 5.92 Å². The number of benzene rings is 1. The highest BCUT2D eigenvalue weighted by molar-refractivity contribution is 6.31. The molecule has 6 heteroatoms. The number of hydrogen-bond donors (Lipinski definition) is 2. The van der Waals surface area contributed by atoms with Crippen molar-refractivity contribution in [3.63, 3.8) is 0 Å². The van der Waals surface area contributed by atoms with Crippen molar-refractivity contribution in [3.05, 3.63) is 35.0 Å². The van der Waals surface area contributed by atoms with Crippen LogP contribution in [0.2, 0.25) is 5.02 Å². The zero-order valence-electron chi connectivity index (χ0n) is 9.76. The van der Waals surface area contributed by atoms with Crippen molar-refractivity contribution in [1.82, 2.24) is 4.98 Å². The molecule has 0 aliphatic heterocycles. The summed E-state index contributed by atoms with van der Waals surface area (Å²) in [6.07, 6.45) is -2.69. The third-order valence-electron chi connectivity index (χ3n) is 3.65. The predicted molar refractivity (Wildman–Crippen MR) is 66.0 cm³/mol. The van der Waals surface area contributed by atoms with Crippen LogP contribution in [0.4, 0.5) is 13.2 Å². The molecule has 1 fully saturated rings. The summed E-state index contributed by atoms with van der Waals surface area (Å²) in [6, 6.07) is 4.57. The van der Waals surface area contributed by atoms with Crippen LogP contribution in [0.25, 0.3) is 10.9 Å². The zero-order chi connectivity index (χ0) is 13.8. The summed E-state index contributed by atoms with van der Waals surface area (Å²) in [6.45, 7) is 0. The van der Waals surface area contributed by atoms with Crippen molar-refractivity contribution in [2.75, 3.05) is 0 Å². The molecule has 1 unspecified atom stereocenters. The number of H-pyrrole nitrogens is 1. The Morgan fingerprint density at radius 1 is 1.26 bits per heavy atom. The van der Waals surface area contributed by atoms with E-state index in [1.807, 2.05) is 0 Å². The summed E-state index contributed by atoms with van der Waals surface area (Å²) in [5.41, 5.74) is -2.40. The van der Waals surface area contributed by atoms with E-state index in [1.165, 1.54) is 18.3 Å². The molecular formula is C13H11ClF3NO. The van der Waals surface area contributed by atoms with Gasteiger partial charge in [0.25, 0.3) is 0 Å². The van der Waals surface area contributed by atoms with E-state index in [0.29, 0.717) is 28.8 Å². The fourth-order valence-corrected chi connectivity index (χ4v) is 2.69. The Morgan fingerprint density at radius 2 is 1.95 bits per heavy atom. The van der Waals surface area contributed by atoms with Crippen LogP contribution in [0.1, 0.15) is 18.4 Å². The first kappa shape index (κ1) is 12.8. The van der Waals surface area contributed by atoms with Gasteiger partial charge in [0, 0.05) is 33.6 Å². The van der Waals surface area contributed by atoms with Gasteiger partial charge in [-0.25, -0.2) is 0 Å². The van der Waals surface area contributed by atoms with Crippen LogP contribution in [-0.2, 0) is 5.60 Å². The van der Waals surface area contributed by atoms with Gasteiger partial charge in [0.05, 0.1) is 0 Å². The molecule has 3 rings (SSSR count). The fourth-order valence-electron chi connectivity index (χ4n) is 2.52. The Balaban J connectivity index is 2.21. The Morgan fingerprint density at radius 3 is 2.53 bits per heavy atom. The van der Waals surface area contributed by atoms with E-state index in [4.69, 9.17) is 11.6 Å². The van der Waals surface area contributed by atoms with E-state index in [-0.39, 0.29) is 5.56 Å². The number of aromatic amines is 1. The Bertz CT molecular complexity index is 632. The summed E-state index contributed by atoms with van der Waals surface area (Å²) >= 11 is 5.80. The minimum Gasteiger partial charge on any atom is -0.376 e. The van der Waals surface area contributed by atoms with E-state index < -0.39 is 17.7 Å². The molecule has 1 heterocycles. The van der Waals surface area contributed by atoms with Gasteiger partial charge in [0.1, 0.15) is 0 Å². The van der Waals surface area contributed by atoms with Crippen molar-refractivity contribution >= 4 is 22.5 Å². The van der Waals surface area contributed by atoms with Crippen molar-refractivity contribution < 1.29 is 18.3 Å². The predicted octanol–water partition coefficient (Wildman–Crippen LogP) is 3.98. The van der Waals surface area contributed by atoms with E-state index in [0.717, 1.165) is 0 Å². The minimum atomic E-state index is -4.69. The number of nitrogens with one attached hydrogen (secondary N) is 1. The van der Waals surface area contributed by atoms with Crippen molar-refractivity contribution in [3.8, 4) is 0 Å². The average Bonchev–Trinajstić information content (AvgIpc) is 3.08. The van der Waals surface area contributed by atoms with Gasteiger partial charge in [-0.1, -0.05) is 17.7 Å². The number of fused-ring (bicyclic) bond motifs is 1. The number of halogens is 4. The van der Waals surface area contributed by atoms with Gasteiger partial charge in [-0.05, 0) is 25.0 Å². The third-order valence-corrected chi connectivity index (χ3v) is 3.89. The van der Waals surface area contributed by atoms with E-state index in [1.54, 1.807) is 6.07 Å². The second kappa shape index (κ2) is 3.90. The molecule has 102 valence electrons. The molecule has 0 saturated heterocycles. The van der Waals surface area contributed by atoms with Gasteiger partial charge in [0.15, 0.2) is 5.60 Å². The number of aliphatic hydroxyl groups is 1. The summed E-state index contributed by atoms with van der Waals surface area (Å²) in [7, 11) is 0. The molecule has 1 aliphatic rings. The molecule has 2 nitrogen and oxygen atoms in total. The molecule has 0 spiro atoms. The Hall–Kier alpha value is -1.20. The Labute approximate surface area is 112 Å². The first-order valence-electron chi connectivity index (χ1n) is 5.90. The molecule has 1 atom stereocenters. The topological polar surface area (TPSA) is 36.0 Å². The molecule has 1 saturated carbocycles. The van der Waals surface area contributed by atoms with Crippen LogP contribution in [0.5, 0.6) is 0 Å². The zero-order valence-corrected chi connectivity index (χ0v) is 10.5. The van der Waals surface area contributed by atoms with E-state index >= 15 is 0 Å². The summed E-state index contributed by atoms with van der Waals surface area (Å²) in [5, 5.41) is 11.0. The number of hydrogen-bond acceptors (Lipinski definition) is 1. The lowest BCUT2D eigenvalue weighted by atomic mass is 9.88. The number of alkyl halides is 3. The second-order valence-corrected chi connectivity index (χ2v) is 5.37. The molecule has 0 bridgehead atoms. The molecule has 1 aromatic carbocycles. The van der Waals surface area contributed by atoms with Gasteiger partial charge in [-0.2, -0.15) is 13.2 Å². The van der Waals surface area contributed by atoms with Crippen LogP contribution in [-0.4, -0.2) is 16.3 Å². The van der Waals surface area contributed by atoms with Gasteiger partial charge in [0.2, 0.25) is 0 Å². The lowest BCUT2D eigenvalue weighted by Gasteiger charge is -2.30. The highest BCUT2D eigenvalue weighted by Gasteiger charge is 2.63. The molecule has 2 N–H and O–H groups in total. The fraction of sp³-hybridized carbons (Fsp3) is 0.385. The molecule has 1 aliphatic carbocycles. The van der Waals surface area contributed by atoms with Crippen LogP contribution in [0.15, 0.2) is 24.4 Å². The average molecular weight is 290 g/mol. The first-order chi connectivity index (χ1) is 8.84. The highest BCUT2D eigenvalue weighted by Crippen LogP contribution is 2.55. The molecule has 0 radical (unpaired) electrons. The van der Waals surface area contributed by atoms with Crippen molar-refractivity contribution in [1.29, 1.82) is 0 Å². The first-order valence-corrected chi connectivity index (χ1v) is 6.28. The van der Waals surface area contributed by atoms with Gasteiger partial charge in [-0.3, -0.25) is 0 Å². The Kier molecular flexibility index (Phi) is 2.63. The van der Waals surface area contributed by atoms with Gasteiger partial charge in [-0.15, -0.1) is 0 Å². The number of rotatable bonds is 2. The van der Waals surface area contributed by atoms with Crippen LogP contribution < -0.4 is 0 Å². The maximum atomic E-state index is 13.3. The summed E-state index contributed by atoms with van der Waals surface area (Å²) in [5.74, 6) is -0.762. The van der Waals surface area contributed by atoms with Crippen molar-refractivity contribution in [2.45, 2.75) is 24.6 Å². The molecule has 0 amide bonds. The smallest absolute Gasteiger partial charge is 0.376 e. The van der Waals surface area contributed by atoms with Crippen LogP contribution in [0.3, 0.4) is 0 Å². The molecule has 2 aromatic rings. The quantitative estimate of drug-likeness (QED) is 0.862. The second-order valence-electron chi connectivity index (χ2n) is 4.93. The highest BCUT2D eigenvalue weighted by atomic mass is 35.5. The normalized spacial score (nSPS) is 19.6.